The molecule has 2 aromatic rings. The van der Waals surface area contributed by atoms with E-state index in [2.05, 4.69) is 6.92 Å². The summed E-state index contributed by atoms with van der Waals surface area (Å²) in [6.07, 6.45) is 10.8. The van der Waals surface area contributed by atoms with E-state index in [1.807, 2.05) is 6.07 Å². The molecule has 174 valence electrons. The Hall–Kier alpha value is -1.81. The lowest BCUT2D eigenvalue weighted by Gasteiger charge is -2.39. The largest absolute Gasteiger partial charge is 0.327 e. The van der Waals surface area contributed by atoms with Crippen molar-refractivity contribution in [3.63, 3.8) is 0 Å². The Morgan fingerprint density at radius 1 is 0.812 bits per heavy atom. The van der Waals surface area contributed by atoms with Gasteiger partial charge in [0.05, 0.1) is 0 Å². The van der Waals surface area contributed by atoms with E-state index in [4.69, 9.17) is 5.73 Å². The van der Waals surface area contributed by atoms with E-state index in [1.165, 1.54) is 57.6 Å². The summed E-state index contributed by atoms with van der Waals surface area (Å²) in [6.45, 7) is 3.57. The van der Waals surface area contributed by atoms with Crippen LogP contribution in [0.4, 0.5) is 13.2 Å². The van der Waals surface area contributed by atoms with Crippen LogP contribution in [0.15, 0.2) is 30.3 Å². The van der Waals surface area contributed by atoms with Gasteiger partial charge in [0.2, 0.25) is 0 Å². The number of hydrogen-bond donors (Lipinski definition) is 1. The highest BCUT2D eigenvalue weighted by molar-refractivity contribution is 5.65. The van der Waals surface area contributed by atoms with Crippen molar-refractivity contribution in [1.82, 2.24) is 0 Å². The van der Waals surface area contributed by atoms with Crippen molar-refractivity contribution in [2.75, 3.05) is 0 Å². The van der Waals surface area contributed by atoms with Gasteiger partial charge in [0.25, 0.3) is 0 Å². The highest BCUT2D eigenvalue weighted by atomic mass is 19.1. The van der Waals surface area contributed by atoms with E-state index in [9.17, 15) is 13.2 Å². The van der Waals surface area contributed by atoms with Crippen LogP contribution < -0.4 is 5.73 Å². The number of benzene rings is 2. The second-order valence-electron chi connectivity index (χ2n) is 10.2. The molecule has 2 saturated carbocycles. The van der Waals surface area contributed by atoms with Crippen LogP contribution >= 0.6 is 0 Å². The van der Waals surface area contributed by atoms with Crippen molar-refractivity contribution < 1.29 is 13.2 Å². The molecule has 0 spiro atoms. The van der Waals surface area contributed by atoms with Crippen LogP contribution in [0.1, 0.15) is 81.8 Å². The monoisotopic (exact) mass is 443 g/mol. The summed E-state index contributed by atoms with van der Waals surface area (Å²) < 4.78 is 42.8. The van der Waals surface area contributed by atoms with Gasteiger partial charge in [-0.05, 0) is 118 Å². The number of nitrogens with two attached hydrogens (primary N) is 1. The Morgan fingerprint density at radius 2 is 1.38 bits per heavy atom. The molecule has 0 saturated heterocycles. The van der Waals surface area contributed by atoms with Crippen molar-refractivity contribution in [3.05, 3.63) is 58.9 Å². The first kappa shape index (κ1) is 23.4. The third-order valence-electron chi connectivity index (χ3n) is 8.39. The Kier molecular flexibility index (Phi) is 7.29. The van der Waals surface area contributed by atoms with E-state index < -0.39 is 17.5 Å². The van der Waals surface area contributed by atoms with Crippen molar-refractivity contribution in [2.45, 2.75) is 83.6 Å². The van der Waals surface area contributed by atoms with E-state index in [1.54, 1.807) is 12.1 Å². The lowest BCUT2D eigenvalue weighted by molar-refractivity contribution is 0.149. The van der Waals surface area contributed by atoms with Crippen LogP contribution in [-0.2, 0) is 0 Å². The van der Waals surface area contributed by atoms with Crippen molar-refractivity contribution in [3.8, 4) is 11.1 Å². The summed E-state index contributed by atoms with van der Waals surface area (Å²) in [6, 6.07) is 7.98. The summed E-state index contributed by atoms with van der Waals surface area (Å²) >= 11 is 0. The van der Waals surface area contributed by atoms with Crippen molar-refractivity contribution in [1.29, 1.82) is 0 Å². The Bertz CT molecular complexity index is 901. The fourth-order valence-electron chi connectivity index (χ4n) is 6.12. The molecule has 0 bridgehead atoms. The summed E-state index contributed by atoms with van der Waals surface area (Å²) in [7, 11) is 0. The third kappa shape index (κ3) is 4.90. The first-order chi connectivity index (χ1) is 15.4. The molecule has 1 unspecified atom stereocenters. The topological polar surface area (TPSA) is 26.0 Å². The molecule has 1 nitrogen and oxygen atoms in total. The second-order valence-corrected chi connectivity index (χ2v) is 10.2. The van der Waals surface area contributed by atoms with Gasteiger partial charge < -0.3 is 5.73 Å². The Morgan fingerprint density at radius 3 is 1.91 bits per heavy atom. The van der Waals surface area contributed by atoms with E-state index >= 15 is 0 Å². The standard InChI is InChI=1S/C28H36F3N/c1-3-28(32)21-10-8-19(9-11-21)18-4-6-20(7-5-18)22-12-13-24(27(31)14-22)23-15-25(29)17(2)26(30)16-23/h12-16,18-21,28H,3-11,32H2,1-2H3. The number of hydrogen-bond acceptors (Lipinski definition) is 1. The molecule has 1 atom stereocenters. The van der Waals surface area contributed by atoms with Gasteiger partial charge in [-0.15, -0.1) is 0 Å². The average Bonchev–Trinajstić information content (AvgIpc) is 2.82. The lowest BCUT2D eigenvalue weighted by Crippen LogP contribution is -2.34. The van der Waals surface area contributed by atoms with Crippen LogP contribution in [0.25, 0.3) is 11.1 Å². The average molecular weight is 444 g/mol. The van der Waals surface area contributed by atoms with Crippen LogP contribution in [0.2, 0.25) is 0 Å². The molecule has 4 rings (SSSR count). The molecule has 2 aromatic carbocycles. The van der Waals surface area contributed by atoms with Crippen LogP contribution in [-0.4, -0.2) is 6.04 Å². The zero-order valence-corrected chi connectivity index (χ0v) is 19.3. The van der Waals surface area contributed by atoms with Crippen molar-refractivity contribution in [2.24, 2.45) is 23.5 Å². The zero-order chi connectivity index (χ0) is 22.8. The molecule has 32 heavy (non-hydrogen) atoms. The van der Waals surface area contributed by atoms with Gasteiger partial charge in [0, 0.05) is 17.2 Å². The summed E-state index contributed by atoms with van der Waals surface area (Å²) in [5, 5.41) is 0. The minimum absolute atomic E-state index is 0.0377. The fraction of sp³-hybridized carbons (Fsp3) is 0.571. The van der Waals surface area contributed by atoms with E-state index in [-0.39, 0.29) is 16.7 Å². The maximum absolute atomic E-state index is 14.9. The fourth-order valence-corrected chi connectivity index (χ4v) is 6.12. The predicted octanol–water partition coefficient (Wildman–Crippen LogP) is 7.90. The molecule has 2 aliphatic rings. The van der Waals surface area contributed by atoms with Gasteiger partial charge >= 0.3 is 0 Å². The maximum Gasteiger partial charge on any atom is 0.131 e. The zero-order valence-electron chi connectivity index (χ0n) is 19.3. The van der Waals surface area contributed by atoms with Gasteiger partial charge in [-0.3, -0.25) is 0 Å². The quantitative estimate of drug-likeness (QED) is 0.499. The molecule has 2 N–H and O–H groups in total. The molecule has 0 amide bonds. The lowest BCUT2D eigenvalue weighted by atomic mass is 9.67. The van der Waals surface area contributed by atoms with Gasteiger partial charge in [-0.1, -0.05) is 19.1 Å². The van der Waals surface area contributed by atoms with Crippen LogP contribution in [0.5, 0.6) is 0 Å². The number of halogens is 3. The summed E-state index contributed by atoms with van der Waals surface area (Å²) in [5.74, 6) is 0.975. The molecule has 4 heteroatoms. The Labute approximate surface area is 190 Å². The highest BCUT2D eigenvalue weighted by Crippen LogP contribution is 2.44. The normalized spacial score (nSPS) is 27.3. The first-order valence-electron chi connectivity index (χ1n) is 12.4. The highest BCUT2D eigenvalue weighted by Gasteiger charge is 2.32. The molecular weight excluding hydrogens is 407 g/mol. The summed E-state index contributed by atoms with van der Waals surface area (Å²) in [5.41, 5.74) is 7.74. The van der Waals surface area contributed by atoms with Gasteiger partial charge in [-0.25, -0.2) is 13.2 Å². The van der Waals surface area contributed by atoms with Crippen LogP contribution in [0.3, 0.4) is 0 Å². The smallest absolute Gasteiger partial charge is 0.131 e. The molecule has 0 aromatic heterocycles. The third-order valence-corrected chi connectivity index (χ3v) is 8.39. The SMILES string of the molecule is CCC(N)C1CCC(C2CCC(c3ccc(-c4cc(F)c(C)c(F)c4)c(F)c3)CC2)CC1. The van der Waals surface area contributed by atoms with E-state index in [0.717, 1.165) is 36.7 Å². The second kappa shape index (κ2) is 9.99. The van der Waals surface area contributed by atoms with Gasteiger partial charge in [0.15, 0.2) is 0 Å². The molecule has 0 aliphatic heterocycles. The van der Waals surface area contributed by atoms with Gasteiger partial charge in [-0.2, -0.15) is 0 Å². The van der Waals surface area contributed by atoms with Gasteiger partial charge in [0.1, 0.15) is 17.5 Å². The first-order valence-corrected chi connectivity index (χ1v) is 12.4. The molecule has 0 heterocycles. The van der Waals surface area contributed by atoms with Crippen LogP contribution in [0, 0.1) is 42.1 Å². The predicted molar refractivity (Wildman–Crippen MR) is 125 cm³/mol. The number of rotatable bonds is 5. The maximum atomic E-state index is 14.9. The molecule has 2 fully saturated rings. The molecule has 2 aliphatic carbocycles. The molecular formula is C28H36F3N. The Balaban J connectivity index is 1.37. The summed E-state index contributed by atoms with van der Waals surface area (Å²) in [4.78, 5) is 0. The minimum atomic E-state index is -0.646. The molecule has 0 radical (unpaired) electrons. The minimum Gasteiger partial charge on any atom is -0.327 e. The van der Waals surface area contributed by atoms with E-state index in [0.29, 0.717) is 17.9 Å². The van der Waals surface area contributed by atoms with Crippen molar-refractivity contribution >= 4 is 0 Å².